The predicted octanol–water partition coefficient (Wildman–Crippen LogP) is 5.86. The van der Waals surface area contributed by atoms with Crippen LogP contribution in [0.1, 0.15) is 45.1 Å². The van der Waals surface area contributed by atoms with Gasteiger partial charge in [0.15, 0.2) is 5.60 Å². The monoisotopic (exact) mass is 585 g/mol. The molecular formula is C33H40FN7O2. The van der Waals surface area contributed by atoms with Crippen LogP contribution in [0.25, 0.3) is 0 Å². The molecular weight excluding hydrogens is 545 g/mol. The van der Waals surface area contributed by atoms with Crippen LogP contribution in [-0.4, -0.2) is 65.6 Å². The van der Waals surface area contributed by atoms with E-state index in [9.17, 15) is 4.79 Å². The lowest BCUT2D eigenvalue weighted by molar-refractivity contribution is -0.132. The molecule has 4 aliphatic rings. The van der Waals surface area contributed by atoms with Crippen LogP contribution in [0.3, 0.4) is 0 Å². The topological polar surface area (TPSA) is 85.9 Å². The maximum Gasteiger partial charge on any atom is 0.270 e. The third-order valence-electron chi connectivity index (χ3n) is 9.77. The van der Waals surface area contributed by atoms with Crippen molar-refractivity contribution in [3.05, 3.63) is 54.0 Å². The van der Waals surface area contributed by atoms with E-state index in [1.54, 1.807) is 32.0 Å². The zero-order valence-corrected chi connectivity index (χ0v) is 25.4. The average molecular weight is 586 g/mol. The maximum absolute atomic E-state index is 15.3. The number of amides is 1. The summed E-state index contributed by atoms with van der Waals surface area (Å²) in [7, 11) is 1.75. The quantitative estimate of drug-likeness (QED) is 0.373. The molecule has 0 radical (unpaired) electrons. The smallest absolute Gasteiger partial charge is 0.270 e. The van der Waals surface area contributed by atoms with E-state index in [1.165, 1.54) is 31.7 Å². The van der Waals surface area contributed by atoms with Gasteiger partial charge >= 0.3 is 0 Å². The van der Waals surface area contributed by atoms with E-state index in [-0.39, 0.29) is 11.7 Å². The largest absolute Gasteiger partial charge is 0.476 e. The zero-order valence-electron chi connectivity index (χ0n) is 25.4. The number of benzene rings is 2. The third kappa shape index (κ3) is 5.26. The molecule has 1 amide bonds. The Bertz CT molecular complexity index is 1550. The van der Waals surface area contributed by atoms with E-state index in [4.69, 9.17) is 4.74 Å². The average Bonchev–Trinajstić information content (AvgIpc) is 3.63. The van der Waals surface area contributed by atoms with Crippen molar-refractivity contribution < 1.29 is 13.9 Å². The summed E-state index contributed by atoms with van der Waals surface area (Å²) < 4.78 is 21.3. The first-order valence-electron chi connectivity index (χ1n) is 15.4. The molecule has 10 heteroatoms. The summed E-state index contributed by atoms with van der Waals surface area (Å²) in [6, 6.07) is 11.6. The molecule has 226 valence electrons. The molecule has 1 saturated heterocycles. The molecule has 43 heavy (non-hydrogen) atoms. The molecule has 3 unspecified atom stereocenters. The Morgan fingerprint density at radius 3 is 2.47 bits per heavy atom. The Kier molecular flexibility index (Phi) is 6.91. The van der Waals surface area contributed by atoms with Crippen molar-refractivity contribution in [1.82, 2.24) is 14.9 Å². The predicted molar refractivity (Wildman–Crippen MR) is 167 cm³/mol. The lowest BCUT2D eigenvalue weighted by Gasteiger charge is -2.41. The molecule has 2 bridgehead atoms. The first-order valence-corrected chi connectivity index (χ1v) is 15.4. The SMILES string of the molecule is Cc1cnc(Nc2ccc(N3CCN(C4CC5CCC4C5)CC3)c(F)c2)nc1Nc1ccc2c(c1)N(C)C(=O)C(C)(C)O2. The number of halogens is 1. The highest BCUT2D eigenvalue weighted by molar-refractivity contribution is 6.02. The summed E-state index contributed by atoms with van der Waals surface area (Å²) in [5.41, 5.74) is 2.60. The minimum atomic E-state index is -0.915. The van der Waals surface area contributed by atoms with Gasteiger partial charge in [0.05, 0.1) is 11.4 Å². The number of hydrogen-bond donors (Lipinski definition) is 2. The third-order valence-corrected chi connectivity index (χ3v) is 9.77. The first kappa shape index (κ1) is 27.9. The fraction of sp³-hybridized carbons (Fsp3) is 0.485. The fourth-order valence-corrected chi connectivity index (χ4v) is 7.46. The lowest BCUT2D eigenvalue weighted by atomic mass is 9.93. The van der Waals surface area contributed by atoms with Crippen LogP contribution in [-0.2, 0) is 4.79 Å². The van der Waals surface area contributed by atoms with Crippen molar-refractivity contribution in [3.8, 4) is 5.75 Å². The standard InChI is InChI=1S/C33H40FN7O2/c1-20-19-35-32(38-30(20)36-24-8-10-29-28(18-24)39(4)31(42)33(2,3)43-29)37-23-7-9-26(25(34)17-23)40-11-13-41(14-12-40)27-16-21-5-6-22(27)15-21/h7-10,17-19,21-22,27H,5-6,11-16H2,1-4H3,(H2,35,36,37,38). The van der Waals surface area contributed by atoms with Crippen molar-refractivity contribution in [2.45, 2.75) is 58.1 Å². The molecule has 2 aromatic carbocycles. The number of ether oxygens (including phenoxy) is 1. The minimum absolute atomic E-state index is 0.113. The maximum atomic E-state index is 15.3. The number of aryl methyl sites for hydroxylation is 1. The molecule has 3 aromatic rings. The van der Waals surface area contributed by atoms with Crippen LogP contribution in [0.2, 0.25) is 0 Å². The van der Waals surface area contributed by atoms with E-state index in [1.807, 2.05) is 37.3 Å². The van der Waals surface area contributed by atoms with E-state index in [0.29, 0.717) is 34.6 Å². The van der Waals surface area contributed by atoms with Crippen LogP contribution in [0, 0.1) is 24.6 Å². The molecule has 3 atom stereocenters. The van der Waals surface area contributed by atoms with Crippen LogP contribution >= 0.6 is 0 Å². The van der Waals surface area contributed by atoms with Gasteiger partial charge in [0.2, 0.25) is 5.95 Å². The summed E-state index contributed by atoms with van der Waals surface area (Å²) >= 11 is 0. The number of hydrogen-bond acceptors (Lipinski definition) is 8. The second-order valence-corrected chi connectivity index (χ2v) is 13.1. The van der Waals surface area contributed by atoms with Gasteiger partial charge in [-0.05, 0) is 88.3 Å². The Morgan fingerprint density at radius 1 is 0.977 bits per heavy atom. The molecule has 3 fully saturated rings. The van der Waals surface area contributed by atoms with E-state index < -0.39 is 5.60 Å². The molecule has 2 aliphatic carbocycles. The summed E-state index contributed by atoms with van der Waals surface area (Å²) in [5, 5.41) is 6.49. The second-order valence-electron chi connectivity index (χ2n) is 13.1. The summed E-state index contributed by atoms with van der Waals surface area (Å²) in [6.07, 6.45) is 7.30. The number of carbonyl (C=O) groups excluding carboxylic acids is 1. The number of carbonyl (C=O) groups is 1. The molecule has 7 rings (SSSR count). The van der Waals surface area contributed by atoms with Gasteiger partial charge in [-0.2, -0.15) is 4.98 Å². The number of likely N-dealkylation sites (N-methyl/N-ethyl adjacent to an activating group) is 1. The number of nitrogens with one attached hydrogen (secondary N) is 2. The Morgan fingerprint density at radius 2 is 1.74 bits per heavy atom. The summed E-state index contributed by atoms with van der Waals surface area (Å²) in [4.78, 5) is 28.2. The second kappa shape index (κ2) is 10.7. The van der Waals surface area contributed by atoms with Crippen molar-refractivity contribution in [2.75, 3.05) is 53.7 Å². The van der Waals surface area contributed by atoms with Crippen molar-refractivity contribution >= 4 is 40.4 Å². The molecule has 2 saturated carbocycles. The van der Waals surface area contributed by atoms with Gasteiger partial charge in [0.25, 0.3) is 5.91 Å². The Balaban J connectivity index is 1.01. The van der Waals surface area contributed by atoms with Gasteiger partial charge in [0, 0.05) is 62.4 Å². The van der Waals surface area contributed by atoms with Crippen LogP contribution in [0.4, 0.5) is 38.9 Å². The van der Waals surface area contributed by atoms with Gasteiger partial charge in [-0.25, -0.2) is 9.37 Å². The highest BCUT2D eigenvalue weighted by Gasteiger charge is 2.43. The van der Waals surface area contributed by atoms with Crippen molar-refractivity contribution in [2.24, 2.45) is 11.8 Å². The molecule has 2 N–H and O–H groups in total. The lowest BCUT2D eigenvalue weighted by Crippen LogP contribution is -2.52. The number of anilines is 6. The molecule has 2 aliphatic heterocycles. The highest BCUT2D eigenvalue weighted by Crippen LogP contribution is 2.47. The van der Waals surface area contributed by atoms with Gasteiger partial charge in [-0.3, -0.25) is 9.69 Å². The number of rotatable bonds is 6. The summed E-state index contributed by atoms with van der Waals surface area (Å²) in [5.74, 6) is 3.07. The van der Waals surface area contributed by atoms with Crippen LogP contribution < -0.4 is 25.2 Å². The van der Waals surface area contributed by atoms with Gasteiger partial charge in [0.1, 0.15) is 17.4 Å². The normalized spacial score (nSPS) is 24.6. The number of piperazine rings is 1. The van der Waals surface area contributed by atoms with Crippen LogP contribution in [0.15, 0.2) is 42.6 Å². The van der Waals surface area contributed by atoms with E-state index >= 15 is 4.39 Å². The highest BCUT2D eigenvalue weighted by atomic mass is 19.1. The molecule has 3 heterocycles. The number of fused-ring (bicyclic) bond motifs is 3. The Hall–Kier alpha value is -3.92. The first-order chi connectivity index (χ1) is 20.6. The van der Waals surface area contributed by atoms with Gasteiger partial charge < -0.3 is 25.2 Å². The van der Waals surface area contributed by atoms with Crippen LogP contribution in [0.5, 0.6) is 5.75 Å². The Labute approximate surface area is 252 Å². The van der Waals surface area contributed by atoms with E-state index in [2.05, 4.69) is 30.4 Å². The minimum Gasteiger partial charge on any atom is -0.476 e. The molecule has 1 aromatic heterocycles. The molecule has 0 spiro atoms. The van der Waals surface area contributed by atoms with Crippen molar-refractivity contribution in [3.63, 3.8) is 0 Å². The molecule has 9 nitrogen and oxygen atoms in total. The fourth-order valence-electron chi connectivity index (χ4n) is 7.46. The van der Waals surface area contributed by atoms with Gasteiger partial charge in [-0.1, -0.05) is 6.42 Å². The van der Waals surface area contributed by atoms with E-state index in [0.717, 1.165) is 55.3 Å². The van der Waals surface area contributed by atoms with Gasteiger partial charge in [-0.15, -0.1) is 0 Å². The zero-order chi connectivity index (χ0) is 29.9. The van der Waals surface area contributed by atoms with Crippen molar-refractivity contribution in [1.29, 1.82) is 0 Å². The number of aromatic nitrogens is 2. The number of nitrogens with zero attached hydrogens (tertiary/aromatic N) is 5. The summed E-state index contributed by atoms with van der Waals surface area (Å²) in [6.45, 7) is 9.15.